The molecule has 1 amide bonds. The van der Waals surface area contributed by atoms with E-state index in [1.54, 1.807) is 36.4 Å². The number of rotatable bonds is 5. The van der Waals surface area contributed by atoms with Crippen molar-refractivity contribution in [1.82, 2.24) is 0 Å². The van der Waals surface area contributed by atoms with Crippen LogP contribution in [-0.4, -0.2) is 25.6 Å². The molecule has 0 atom stereocenters. The van der Waals surface area contributed by atoms with Crippen LogP contribution in [0.4, 0.5) is 5.69 Å². The molecule has 0 fully saturated rings. The summed E-state index contributed by atoms with van der Waals surface area (Å²) in [6, 6.07) is 10.1. The molecule has 2 aromatic carbocycles. The summed E-state index contributed by atoms with van der Waals surface area (Å²) in [6.07, 6.45) is 0. The smallest absolute Gasteiger partial charge is 0.343 e. The van der Waals surface area contributed by atoms with Crippen LogP contribution >= 0.6 is 27.5 Å². The van der Waals surface area contributed by atoms with E-state index in [2.05, 4.69) is 26.0 Å². The SMILES string of the molecule is COC(=O)COc1ccc(NC(=O)c2cc(Br)ccc2Cl)c(C)c1. The van der Waals surface area contributed by atoms with Crippen molar-refractivity contribution in [2.75, 3.05) is 19.0 Å². The molecule has 7 heteroatoms. The van der Waals surface area contributed by atoms with Gasteiger partial charge >= 0.3 is 5.97 Å². The third kappa shape index (κ3) is 4.72. The molecule has 0 bridgehead atoms. The van der Waals surface area contributed by atoms with E-state index in [0.717, 1.165) is 10.0 Å². The summed E-state index contributed by atoms with van der Waals surface area (Å²) in [5.41, 5.74) is 1.79. The Morgan fingerprint density at radius 2 is 1.96 bits per heavy atom. The van der Waals surface area contributed by atoms with Crippen molar-refractivity contribution in [2.24, 2.45) is 0 Å². The van der Waals surface area contributed by atoms with Gasteiger partial charge in [-0.05, 0) is 48.9 Å². The van der Waals surface area contributed by atoms with Gasteiger partial charge in [-0.1, -0.05) is 27.5 Å². The number of amides is 1. The molecule has 0 aliphatic carbocycles. The summed E-state index contributed by atoms with van der Waals surface area (Å²) < 4.78 is 10.6. The molecule has 0 heterocycles. The van der Waals surface area contributed by atoms with Gasteiger partial charge in [-0.25, -0.2) is 4.79 Å². The number of hydrogen-bond acceptors (Lipinski definition) is 4. The zero-order valence-corrected chi connectivity index (χ0v) is 15.4. The highest BCUT2D eigenvalue weighted by molar-refractivity contribution is 9.10. The number of esters is 1. The van der Waals surface area contributed by atoms with Gasteiger partial charge < -0.3 is 14.8 Å². The third-order valence-electron chi connectivity index (χ3n) is 3.20. The Bertz CT molecular complexity index is 779. The van der Waals surface area contributed by atoms with Gasteiger partial charge in [0.2, 0.25) is 0 Å². The maximum atomic E-state index is 12.4. The van der Waals surface area contributed by atoms with Gasteiger partial charge in [-0.3, -0.25) is 4.79 Å². The molecule has 0 saturated carbocycles. The van der Waals surface area contributed by atoms with Crippen molar-refractivity contribution < 1.29 is 19.1 Å². The average molecular weight is 413 g/mol. The normalized spacial score (nSPS) is 10.2. The summed E-state index contributed by atoms with van der Waals surface area (Å²) in [7, 11) is 1.29. The fraction of sp³-hybridized carbons (Fsp3) is 0.176. The number of benzene rings is 2. The number of carbonyl (C=O) groups is 2. The van der Waals surface area contributed by atoms with Crippen molar-refractivity contribution in [2.45, 2.75) is 6.92 Å². The van der Waals surface area contributed by atoms with Gasteiger partial charge in [0, 0.05) is 10.2 Å². The first-order chi connectivity index (χ1) is 11.4. The van der Waals surface area contributed by atoms with Crippen LogP contribution in [0.15, 0.2) is 40.9 Å². The molecule has 126 valence electrons. The third-order valence-corrected chi connectivity index (χ3v) is 4.03. The molecule has 1 N–H and O–H groups in total. The summed E-state index contributed by atoms with van der Waals surface area (Å²) >= 11 is 9.38. The standard InChI is InChI=1S/C17H15BrClNO4/c1-10-7-12(24-9-16(21)23-2)4-6-15(10)20-17(22)13-8-11(18)3-5-14(13)19/h3-8H,9H2,1-2H3,(H,20,22). The first-order valence-electron chi connectivity index (χ1n) is 6.97. The van der Waals surface area contributed by atoms with E-state index in [1.807, 2.05) is 6.92 Å². The highest BCUT2D eigenvalue weighted by Crippen LogP contribution is 2.25. The zero-order valence-electron chi connectivity index (χ0n) is 13.1. The minimum absolute atomic E-state index is 0.171. The molecule has 0 unspecified atom stereocenters. The largest absolute Gasteiger partial charge is 0.482 e. The molecular formula is C17H15BrClNO4. The van der Waals surface area contributed by atoms with Crippen molar-refractivity contribution in [1.29, 1.82) is 0 Å². The van der Waals surface area contributed by atoms with E-state index in [4.69, 9.17) is 16.3 Å². The van der Waals surface area contributed by atoms with Crippen LogP contribution < -0.4 is 10.1 Å². The maximum absolute atomic E-state index is 12.4. The second kappa shape index (κ2) is 8.17. The lowest BCUT2D eigenvalue weighted by atomic mass is 10.1. The first kappa shape index (κ1) is 18.3. The number of methoxy groups -OCH3 is 1. The van der Waals surface area contributed by atoms with E-state index < -0.39 is 5.97 Å². The molecule has 0 aliphatic heterocycles. The van der Waals surface area contributed by atoms with Crippen LogP contribution in [0.1, 0.15) is 15.9 Å². The summed E-state index contributed by atoms with van der Waals surface area (Å²) in [6.45, 7) is 1.65. The number of halogens is 2. The van der Waals surface area contributed by atoms with Crippen molar-refractivity contribution in [3.05, 3.63) is 57.0 Å². The van der Waals surface area contributed by atoms with E-state index in [1.165, 1.54) is 7.11 Å². The molecule has 5 nitrogen and oxygen atoms in total. The van der Waals surface area contributed by atoms with Gasteiger partial charge in [0.25, 0.3) is 5.91 Å². The lowest BCUT2D eigenvalue weighted by Gasteiger charge is -2.12. The van der Waals surface area contributed by atoms with E-state index in [0.29, 0.717) is 22.0 Å². The predicted octanol–water partition coefficient (Wildman–Crippen LogP) is 4.22. The quantitative estimate of drug-likeness (QED) is 0.747. The van der Waals surface area contributed by atoms with Gasteiger partial charge in [0.1, 0.15) is 5.75 Å². The molecule has 0 spiro atoms. The molecule has 0 radical (unpaired) electrons. The van der Waals surface area contributed by atoms with Gasteiger partial charge in [-0.15, -0.1) is 0 Å². The first-order valence-corrected chi connectivity index (χ1v) is 8.14. The fourth-order valence-electron chi connectivity index (χ4n) is 1.93. The number of carbonyl (C=O) groups excluding carboxylic acids is 2. The van der Waals surface area contributed by atoms with Gasteiger partial charge in [-0.2, -0.15) is 0 Å². The van der Waals surface area contributed by atoms with Crippen LogP contribution in [0.5, 0.6) is 5.75 Å². The lowest BCUT2D eigenvalue weighted by Crippen LogP contribution is -2.14. The Kier molecular flexibility index (Phi) is 6.23. The topological polar surface area (TPSA) is 64.6 Å². The van der Waals surface area contributed by atoms with Crippen LogP contribution in [0.25, 0.3) is 0 Å². The second-order valence-corrected chi connectivity index (χ2v) is 6.24. The van der Waals surface area contributed by atoms with Crippen molar-refractivity contribution in [3.63, 3.8) is 0 Å². The highest BCUT2D eigenvalue weighted by atomic mass is 79.9. The highest BCUT2D eigenvalue weighted by Gasteiger charge is 2.13. The fourth-order valence-corrected chi connectivity index (χ4v) is 2.49. The maximum Gasteiger partial charge on any atom is 0.343 e. The van der Waals surface area contributed by atoms with E-state index >= 15 is 0 Å². The number of hydrogen-bond donors (Lipinski definition) is 1. The average Bonchev–Trinajstić information content (AvgIpc) is 2.56. The van der Waals surface area contributed by atoms with Crippen molar-refractivity contribution >= 4 is 45.1 Å². The van der Waals surface area contributed by atoms with Crippen LogP contribution in [0.2, 0.25) is 5.02 Å². The predicted molar refractivity (Wildman–Crippen MR) is 95.8 cm³/mol. The molecular weight excluding hydrogens is 398 g/mol. The molecule has 0 saturated heterocycles. The Balaban J connectivity index is 2.11. The van der Waals surface area contributed by atoms with E-state index in [9.17, 15) is 9.59 Å². The number of nitrogens with one attached hydrogen (secondary N) is 1. The molecule has 2 aromatic rings. The summed E-state index contributed by atoms with van der Waals surface area (Å²) in [5.74, 6) is -0.265. The van der Waals surface area contributed by atoms with Gasteiger partial charge in [0.05, 0.1) is 17.7 Å². The van der Waals surface area contributed by atoms with Crippen molar-refractivity contribution in [3.8, 4) is 5.75 Å². The van der Waals surface area contributed by atoms with Crippen LogP contribution in [0, 0.1) is 6.92 Å². The Labute approximate surface area is 153 Å². The van der Waals surface area contributed by atoms with Gasteiger partial charge in [0.15, 0.2) is 6.61 Å². The minimum Gasteiger partial charge on any atom is -0.482 e. The lowest BCUT2D eigenvalue weighted by molar-refractivity contribution is -0.142. The zero-order chi connectivity index (χ0) is 17.7. The monoisotopic (exact) mass is 411 g/mol. The number of anilines is 1. The summed E-state index contributed by atoms with van der Waals surface area (Å²) in [5, 5.41) is 3.17. The Hall–Kier alpha value is -2.05. The van der Waals surface area contributed by atoms with E-state index in [-0.39, 0.29) is 12.5 Å². The number of aryl methyl sites for hydroxylation is 1. The number of ether oxygens (including phenoxy) is 2. The molecule has 24 heavy (non-hydrogen) atoms. The minimum atomic E-state index is -0.464. The molecule has 0 aliphatic rings. The Morgan fingerprint density at radius 1 is 1.21 bits per heavy atom. The summed E-state index contributed by atoms with van der Waals surface area (Å²) in [4.78, 5) is 23.4. The van der Waals surface area contributed by atoms with Crippen LogP contribution in [0.3, 0.4) is 0 Å². The molecule has 0 aromatic heterocycles. The van der Waals surface area contributed by atoms with Crippen LogP contribution in [-0.2, 0) is 9.53 Å². The Morgan fingerprint density at radius 3 is 2.62 bits per heavy atom. The second-order valence-electron chi connectivity index (χ2n) is 4.92. The molecule has 2 rings (SSSR count).